The standard InChI is InChI=1S/C13H14N2O/c16-10-11-4-3-6-12(8-11)15-9-13-5-1-2-7-14-13/h1-8,15-16H,9-10H2. The first kappa shape index (κ1) is 10.6. The van der Waals surface area contributed by atoms with Gasteiger partial charge in [-0.25, -0.2) is 0 Å². The normalized spacial score (nSPS) is 10.1. The lowest BCUT2D eigenvalue weighted by Crippen LogP contribution is -2.01. The molecule has 0 bridgehead atoms. The molecule has 0 aliphatic carbocycles. The summed E-state index contributed by atoms with van der Waals surface area (Å²) in [7, 11) is 0. The smallest absolute Gasteiger partial charge is 0.0682 e. The number of benzene rings is 1. The lowest BCUT2D eigenvalue weighted by atomic mass is 10.2. The number of nitrogens with zero attached hydrogens (tertiary/aromatic N) is 1. The Morgan fingerprint density at radius 3 is 2.81 bits per heavy atom. The predicted octanol–water partition coefficient (Wildman–Crippen LogP) is 2.19. The van der Waals surface area contributed by atoms with Crippen LogP contribution in [0.15, 0.2) is 48.7 Å². The van der Waals surface area contributed by atoms with Crippen LogP contribution in [0.25, 0.3) is 0 Å². The molecule has 16 heavy (non-hydrogen) atoms. The van der Waals surface area contributed by atoms with E-state index in [-0.39, 0.29) is 6.61 Å². The number of aliphatic hydroxyl groups is 1. The van der Waals surface area contributed by atoms with Crippen molar-refractivity contribution in [3.63, 3.8) is 0 Å². The number of hydrogen-bond donors (Lipinski definition) is 2. The minimum absolute atomic E-state index is 0.0686. The first-order valence-electron chi connectivity index (χ1n) is 5.22. The molecule has 0 spiro atoms. The molecule has 0 aliphatic heterocycles. The number of aliphatic hydroxyl groups excluding tert-OH is 1. The van der Waals surface area contributed by atoms with Gasteiger partial charge in [0.05, 0.1) is 18.8 Å². The quantitative estimate of drug-likeness (QED) is 0.820. The molecule has 1 heterocycles. The fourth-order valence-electron chi connectivity index (χ4n) is 1.47. The van der Waals surface area contributed by atoms with Crippen LogP contribution in [0.3, 0.4) is 0 Å². The third-order valence-corrected chi connectivity index (χ3v) is 2.31. The van der Waals surface area contributed by atoms with Crippen LogP contribution in [-0.2, 0) is 13.2 Å². The Morgan fingerprint density at radius 2 is 2.06 bits per heavy atom. The second-order valence-electron chi connectivity index (χ2n) is 3.53. The van der Waals surface area contributed by atoms with Crippen molar-refractivity contribution in [2.24, 2.45) is 0 Å². The highest BCUT2D eigenvalue weighted by molar-refractivity contribution is 5.45. The molecule has 3 heteroatoms. The fourth-order valence-corrected chi connectivity index (χ4v) is 1.47. The van der Waals surface area contributed by atoms with Crippen molar-refractivity contribution < 1.29 is 5.11 Å². The Balaban J connectivity index is 1.99. The molecule has 3 nitrogen and oxygen atoms in total. The zero-order chi connectivity index (χ0) is 11.2. The summed E-state index contributed by atoms with van der Waals surface area (Å²) < 4.78 is 0. The highest BCUT2D eigenvalue weighted by Gasteiger charge is 1.95. The molecule has 0 amide bonds. The highest BCUT2D eigenvalue weighted by atomic mass is 16.3. The fraction of sp³-hybridized carbons (Fsp3) is 0.154. The van der Waals surface area contributed by atoms with E-state index in [1.165, 1.54) is 0 Å². The van der Waals surface area contributed by atoms with Gasteiger partial charge in [-0.3, -0.25) is 4.98 Å². The second-order valence-corrected chi connectivity index (χ2v) is 3.53. The van der Waals surface area contributed by atoms with E-state index in [2.05, 4.69) is 10.3 Å². The van der Waals surface area contributed by atoms with E-state index in [1.54, 1.807) is 6.20 Å². The first-order valence-corrected chi connectivity index (χ1v) is 5.22. The number of anilines is 1. The maximum Gasteiger partial charge on any atom is 0.0682 e. The molecular formula is C13H14N2O. The molecule has 2 rings (SSSR count). The van der Waals surface area contributed by atoms with Gasteiger partial charge in [-0.2, -0.15) is 0 Å². The van der Waals surface area contributed by atoms with E-state index in [0.29, 0.717) is 6.54 Å². The van der Waals surface area contributed by atoms with Gasteiger partial charge in [-0.05, 0) is 29.8 Å². The van der Waals surface area contributed by atoms with Crippen molar-refractivity contribution in [2.45, 2.75) is 13.2 Å². The van der Waals surface area contributed by atoms with E-state index in [0.717, 1.165) is 16.9 Å². The largest absolute Gasteiger partial charge is 0.392 e. The molecule has 0 unspecified atom stereocenters. The van der Waals surface area contributed by atoms with Gasteiger partial charge in [-0.15, -0.1) is 0 Å². The van der Waals surface area contributed by atoms with Crippen molar-refractivity contribution >= 4 is 5.69 Å². The maximum atomic E-state index is 9.01. The zero-order valence-electron chi connectivity index (χ0n) is 8.93. The molecule has 82 valence electrons. The third kappa shape index (κ3) is 2.81. The minimum Gasteiger partial charge on any atom is -0.392 e. The number of aromatic nitrogens is 1. The van der Waals surface area contributed by atoms with Crippen LogP contribution in [0.2, 0.25) is 0 Å². The second kappa shape index (κ2) is 5.28. The van der Waals surface area contributed by atoms with Gasteiger partial charge < -0.3 is 10.4 Å². The lowest BCUT2D eigenvalue weighted by molar-refractivity contribution is 0.282. The molecule has 0 atom stereocenters. The first-order chi connectivity index (χ1) is 7.88. The summed E-state index contributed by atoms with van der Waals surface area (Å²) in [5.74, 6) is 0. The summed E-state index contributed by atoms with van der Waals surface area (Å²) in [4.78, 5) is 4.22. The Morgan fingerprint density at radius 1 is 1.12 bits per heavy atom. The van der Waals surface area contributed by atoms with E-state index in [4.69, 9.17) is 5.11 Å². The van der Waals surface area contributed by atoms with Crippen LogP contribution in [0.4, 0.5) is 5.69 Å². The maximum absolute atomic E-state index is 9.01. The van der Waals surface area contributed by atoms with Crippen molar-refractivity contribution in [1.82, 2.24) is 4.98 Å². The predicted molar refractivity (Wildman–Crippen MR) is 63.9 cm³/mol. The van der Waals surface area contributed by atoms with Gasteiger partial charge in [0, 0.05) is 11.9 Å². The molecule has 0 saturated heterocycles. The van der Waals surface area contributed by atoms with Gasteiger partial charge in [0.1, 0.15) is 0 Å². The Labute approximate surface area is 94.8 Å². The third-order valence-electron chi connectivity index (χ3n) is 2.31. The summed E-state index contributed by atoms with van der Waals surface area (Å²) in [6, 6.07) is 13.6. The van der Waals surface area contributed by atoms with Crippen molar-refractivity contribution in [2.75, 3.05) is 5.32 Å². The topological polar surface area (TPSA) is 45.1 Å². The molecular weight excluding hydrogens is 200 g/mol. The van der Waals surface area contributed by atoms with Gasteiger partial charge in [0.2, 0.25) is 0 Å². The van der Waals surface area contributed by atoms with Gasteiger partial charge in [-0.1, -0.05) is 18.2 Å². The number of hydrogen-bond acceptors (Lipinski definition) is 3. The molecule has 1 aromatic carbocycles. The molecule has 0 saturated carbocycles. The number of pyridine rings is 1. The average Bonchev–Trinajstić information content (AvgIpc) is 2.38. The monoisotopic (exact) mass is 214 g/mol. The molecule has 0 fully saturated rings. The SMILES string of the molecule is OCc1cccc(NCc2ccccn2)c1. The van der Waals surface area contributed by atoms with Crippen LogP contribution in [0, 0.1) is 0 Å². The molecule has 2 aromatic rings. The van der Waals surface area contributed by atoms with Crippen molar-refractivity contribution in [1.29, 1.82) is 0 Å². The summed E-state index contributed by atoms with van der Waals surface area (Å²) in [6.07, 6.45) is 1.78. The van der Waals surface area contributed by atoms with E-state index >= 15 is 0 Å². The van der Waals surface area contributed by atoms with Gasteiger partial charge in [0.25, 0.3) is 0 Å². The number of nitrogens with one attached hydrogen (secondary N) is 1. The Kier molecular flexibility index (Phi) is 3.51. The van der Waals surface area contributed by atoms with Crippen LogP contribution in [0.5, 0.6) is 0 Å². The van der Waals surface area contributed by atoms with E-state index in [1.807, 2.05) is 42.5 Å². The summed E-state index contributed by atoms with van der Waals surface area (Å²) >= 11 is 0. The van der Waals surface area contributed by atoms with Crippen LogP contribution in [-0.4, -0.2) is 10.1 Å². The highest BCUT2D eigenvalue weighted by Crippen LogP contribution is 2.11. The van der Waals surface area contributed by atoms with E-state index in [9.17, 15) is 0 Å². The zero-order valence-corrected chi connectivity index (χ0v) is 8.93. The van der Waals surface area contributed by atoms with E-state index < -0.39 is 0 Å². The van der Waals surface area contributed by atoms with Crippen molar-refractivity contribution in [3.05, 3.63) is 59.9 Å². The molecule has 0 aliphatic rings. The minimum atomic E-state index is 0.0686. The Hall–Kier alpha value is -1.87. The summed E-state index contributed by atoms with van der Waals surface area (Å²) in [5, 5.41) is 12.3. The molecule has 0 radical (unpaired) electrons. The van der Waals surface area contributed by atoms with Crippen LogP contribution < -0.4 is 5.32 Å². The molecule has 1 aromatic heterocycles. The lowest BCUT2D eigenvalue weighted by Gasteiger charge is -2.06. The summed E-state index contributed by atoms with van der Waals surface area (Å²) in [6.45, 7) is 0.759. The Bertz CT molecular complexity index is 443. The van der Waals surface area contributed by atoms with Gasteiger partial charge in [0.15, 0.2) is 0 Å². The van der Waals surface area contributed by atoms with Crippen molar-refractivity contribution in [3.8, 4) is 0 Å². The average molecular weight is 214 g/mol. The summed E-state index contributed by atoms with van der Waals surface area (Å²) in [5.41, 5.74) is 2.90. The number of rotatable bonds is 4. The van der Waals surface area contributed by atoms with Crippen LogP contribution in [0.1, 0.15) is 11.3 Å². The molecule has 2 N–H and O–H groups in total. The van der Waals surface area contributed by atoms with Crippen LogP contribution >= 0.6 is 0 Å². The van der Waals surface area contributed by atoms with Gasteiger partial charge >= 0.3 is 0 Å².